The summed E-state index contributed by atoms with van der Waals surface area (Å²) in [6.45, 7) is 3.06. The van der Waals surface area contributed by atoms with Crippen molar-refractivity contribution in [2.45, 2.75) is 51.5 Å². The second-order valence-electron chi connectivity index (χ2n) is 5.70. The molecule has 0 aliphatic heterocycles. The second kappa shape index (κ2) is 7.54. The highest BCUT2D eigenvalue weighted by Gasteiger charge is 2.30. The molecule has 1 unspecified atom stereocenters. The average Bonchev–Trinajstić information content (AvgIpc) is 3.25. The Bertz CT molecular complexity index is 356. The van der Waals surface area contributed by atoms with Crippen LogP contribution in [0.2, 0.25) is 0 Å². The van der Waals surface area contributed by atoms with Crippen molar-refractivity contribution in [3.05, 3.63) is 29.8 Å². The van der Waals surface area contributed by atoms with E-state index in [0.29, 0.717) is 6.04 Å². The van der Waals surface area contributed by atoms with Crippen LogP contribution >= 0.6 is 0 Å². The van der Waals surface area contributed by atoms with Crippen LogP contribution in [0.1, 0.15) is 44.6 Å². The molecule has 2 rings (SSSR count). The minimum absolute atomic E-state index is 0.482. The molecule has 0 saturated heterocycles. The van der Waals surface area contributed by atoms with E-state index in [2.05, 4.69) is 36.5 Å². The molecule has 1 fully saturated rings. The normalized spacial score (nSPS) is 16.3. The zero-order chi connectivity index (χ0) is 13.5. The Kier molecular flexibility index (Phi) is 5.71. The molecule has 2 heteroatoms. The van der Waals surface area contributed by atoms with Gasteiger partial charge >= 0.3 is 0 Å². The highest BCUT2D eigenvalue weighted by atomic mass is 16.5. The number of rotatable bonds is 9. The molecule has 1 aliphatic rings. The fraction of sp³-hybridized carbons (Fsp3) is 0.647. The van der Waals surface area contributed by atoms with Gasteiger partial charge in [-0.05, 0) is 49.3 Å². The maximum atomic E-state index is 5.30. The molecule has 0 spiro atoms. The van der Waals surface area contributed by atoms with Crippen LogP contribution in [0, 0.1) is 5.92 Å². The summed E-state index contributed by atoms with van der Waals surface area (Å²) in [5.41, 5.74) is 2.68. The van der Waals surface area contributed by atoms with E-state index >= 15 is 0 Å². The number of nitrogens with one attached hydrogen (secondary N) is 1. The molecule has 0 heterocycles. The number of anilines is 1. The standard InChI is InChI=1S/C17H27NO/c1-3-4-5-6-14-7-11-16(12-8-14)18-17(13-19-2)15-9-10-15/h7-8,11-12,15,17-18H,3-6,9-10,13H2,1-2H3. The number of benzene rings is 1. The Morgan fingerprint density at radius 2 is 1.95 bits per heavy atom. The summed E-state index contributed by atoms with van der Waals surface area (Å²) in [6, 6.07) is 9.43. The summed E-state index contributed by atoms with van der Waals surface area (Å²) >= 11 is 0. The van der Waals surface area contributed by atoms with Crippen molar-refractivity contribution in [2.75, 3.05) is 19.0 Å². The lowest BCUT2D eigenvalue weighted by Crippen LogP contribution is -2.27. The van der Waals surface area contributed by atoms with Gasteiger partial charge in [-0.25, -0.2) is 0 Å². The van der Waals surface area contributed by atoms with Crippen molar-refractivity contribution in [3.8, 4) is 0 Å². The summed E-state index contributed by atoms with van der Waals surface area (Å²) in [6.07, 6.45) is 7.82. The highest BCUT2D eigenvalue weighted by Crippen LogP contribution is 2.34. The van der Waals surface area contributed by atoms with E-state index < -0.39 is 0 Å². The van der Waals surface area contributed by atoms with Crippen molar-refractivity contribution >= 4 is 5.69 Å². The molecule has 2 nitrogen and oxygen atoms in total. The lowest BCUT2D eigenvalue weighted by Gasteiger charge is -2.18. The first-order valence-electron chi connectivity index (χ1n) is 7.68. The number of aryl methyl sites for hydroxylation is 1. The number of hydrogen-bond donors (Lipinski definition) is 1. The third-order valence-corrected chi connectivity index (χ3v) is 3.91. The average molecular weight is 261 g/mol. The molecule has 0 radical (unpaired) electrons. The number of unbranched alkanes of at least 4 members (excludes halogenated alkanes) is 2. The minimum Gasteiger partial charge on any atom is -0.383 e. The van der Waals surface area contributed by atoms with Gasteiger partial charge in [0.05, 0.1) is 12.6 Å². The maximum Gasteiger partial charge on any atom is 0.0666 e. The van der Waals surface area contributed by atoms with E-state index in [4.69, 9.17) is 4.74 Å². The van der Waals surface area contributed by atoms with Gasteiger partial charge in [0.1, 0.15) is 0 Å². The van der Waals surface area contributed by atoms with Crippen LogP contribution in [0.5, 0.6) is 0 Å². The topological polar surface area (TPSA) is 21.3 Å². The van der Waals surface area contributed by atoms with Crippen molar-refractivity contribution in [1.82, 2.24) is 0 Å². The molecule has 1 aliphatic carbocycles. The lowest BCUT2D eigenvalue weighted by atomic mass is 10.1. The first kappa shape index (κ1) is 14.4. The third kappa shape index (κ3) is 4.87. The van der Waals surface area contributed by atoms with Crippen molar-refractivity contribution < 1.29 is 4.74 Å². The molecule has 1 saturated carbocycles. The van der Waals surface area contributed by atoms with Gasteiger partial charge in [0.2, 0.25) is 0 Å². The summed E-state index contributed by atoms with van der Waals surface area (Å²) in [7, 11) is 1.79. The lowest BCUT2D eigenvalue weighted by molar-refractivity contribution is 0.179. The molecule has 0 amide bonds. The summed E-state index contributed by atoms with van der Waals surface area (Å²) in [5, 5.41) is 3.61. The van der Waals surface area contributed by atoms with Gasteiger partial charge in [0, 0.05) is 12.8 Å². The fourth-order valence-corrected chi connectivity index (χ4v) is 2.53. The zero-order valence-corrected chi connectivity index (χ0v) is 12.3. The zero-order valence-electron chi connectivity index (χ0n) is 12.3. The third-order valence-electron chi connectivity index (χ3n) is 3.91. The Morgan fingerprint density at radius 1 is 1.21 bits per heavy atom. The molecule has 1 N–H and O–H groups in total. The number of methoxy groups -OCH3 is 1. The Balaban J connectivity index is 1.83. The molecular weight excluding hydrogens is 234 g/mol. The summed E-state index contributed by atoms with van der Waals surface area (Å²) < 4.78 is 5.30. The van der Waals surface area contributed by atoms with E-state index in [-0.39, 0.29) is 0 Å². The van der Waals surface area contributed by atoms with Crippen LogP contribution in [0.15, 0.2) is 24.3 Å². The number of hydrogen-bond acceptors (Lipinski definition) is 2. The van der Waals surface area contributed by atoms with Crippen LogP contribution in [0.25, 0.3) is 0 Å². The van der Waals surface area contributed by atoms with Crippen LogP contribution in [-0.2, 0) is 11.2 Å². The Hall–Kier alpha value is -1.02. The first-order chi connectivity index (χ1) is 9.33. The van der Waals surface area contributed by atoms with Gasteiger partial charge in [-0.2, -0.15) is 0 Å². The molecule has 1 atom stereocenters. The monoisotopic (exact) mass is 261 g/mol. The van der Waals surface area contributed by atoms with Crippen molar-refractivity contribution in [2.24, 2.45) is 5.92 Å². The fourth-order valence-electron chi connectivity index (χ4n) is 2.53. The summed E-state index contributed by atoms with van der Waals surface area (Å²) in [5.74, 6) is 0.809. The quantitative estimate of drug-likeness (QED) is 0.671. The molecule has 0 aromatic heterocycles. The van der Waals surface area contributed by atoms with Crippen LogP contribution in [0.4, 0.5) is 5.69 Å². The molecule has 1 aromatic carbocycles. The molecular formula is C17H27NO. The van der Waals surface area contributed by atoms with E-state index in [9.17, 15) is 0 Å². The number of ether oxygens (including phenoxy) is 1. The van der Waals surface area contributed by atoms with Gasteiger partial charge in [0.15, 0.2) is 0 Å². The summed E-state index contributed by atoms with van der Waals surface area (Å²) in [4.78, 5) is 0. The molecule has 0 bridgehead atoms. The Morgan fingerprint density at radius 3 is 2.53 bits per heavy atom. The molecule has 19 heavy (non-hydrogen) atoms. The van der Waals surface area contributed by atoms with E-state index in [1.54, 1.807) is 7.11 Å². The van der Waals surface area contributed by atoms with Crippen LogP contribution in [-0.4, -0.2) is 19.8 Å². The second-order valence-corrected chi connectivity index (χ2v) is 5.70. The largest absolute Gasteiger partial charge is 0.383 e. The van der Waals surface area contributed by atoms with Gasteiger partial charge in [-0.15, -0.1) is 0 Å². The van der Waals surface area contributed by atoms with Crippen LogP contribution in [0.3, 0.4) is 0 Å². The van der Waals surface area contributed by atoms with Gasteiger partial charge < -0.3 is 10.1 Å². The Labute approximate surface area is 117 Å². The van der Waals surface area contributed by atoms with Crippen molar-refractivity contribution in [1.29, 1.82) is 0 Å². The van der Waals surface area contributed by atoms with E-state index in [0.717, 1.165) is 12.5 Å². The van der Waals surface area contributed by atoms with Crippen molar-refractivity contribution in [3.63, 3.8) is 0 Å². The maximum absolute atomic E-state index is 5.30. The van der Waals surface area contributed by atoms with Gasteiger partial charge in [-0.1, -0.05) is 31.9 Å². The molecule has 106 valence electrons. The molecule has 1 aromatic rings. The van der Waals surface area contributed by atoms with Crippen LogP contribution < -0.4 is 5.32 Å². The predicted octanol–water partition coefficient (Wildman–Crippen LogP) is 4.26. The minimum atomic E-state index is 0.482. The van der Waals surface area contributed by atoms with Gasteiger partial charge in [-0.3, -0.25) is 0 Å². The smallest absolute Gasteiger partial charge is 0.0666 e. The first-order valence-corrected chi connectivity index (χ1v) is 7.68. The van der Waals surface area contributed by atoms with Gasteiger partial charge in [0.25, 0.3) is 0 Å². The van der Waals surface area contributed by atoms with E-state index in [1.165, 1.54) is 49.8 Å². The SMILES string of the molecule is CCCCCc1ccc(NC(COC)C2CC2)cc1. The predicted molar refractivity (Wildman–Crippen MR) is 81.7 cm³/mol. The highest BCUT2D eigenvalue weighted by molar-refractivity contribution is 5.45. The van der Waals surface area contributed by atoms with E-state index in [1.807, 2.05) is 0 Å².